The smallest absolute Gasteiger partial charge is 0.217 e. The maximum Gasteiger partial charge on any atom is 0.217 e. The molecule has 1 heterocycles. The van der Waals surface area contributed by atoms with Crippen molar-refractivity contribution in [1.82, 2.24) is 15.4 Å². The first-order valence-corrected chi connectivity index (χ1v) is 7.15. The summed E-state index contributed by atoms with van der Waals surface area (Å²) >= 11 is 0. The highest BCUT2D eigenvalue weighted by Gasteiger charge is 2.48. The molecule has 1 aliphatic rings. The Labute approximate surface area is 120 Å². The molecule has 1 saturated carbocycles. The molecule has 20 heavy (non-hydrogen) atoms. The molecule has 0 saturated heterocycles. The monoisotopic (exact) mass is 279 g/mol. The van der Waals surface area contributed by atoms with Gasteiger partial charge in [-0.3, -0.25) is 4.79 Å². The van der Waals surface area contributed by atoms with Gasteiger partial charge < -0.3 is 14.7 Å². The minimum Gasteiger partial charge on any atom is -0.360 e. The predicted octanol–water partition coefficient (Wildman–Crippen LogP) is 1.83. The molecule has 1 aromatic rings. The van der Waals surface area contributed by atoms with Crippen molar-refractivity contribution in [1.29, 1.82) is 0 Å². The van der Waals surface area contributed by atoms with Crippen LogP contribution in [-0.2, 0) is 17.8 Å². The molecule has 0 unspecified atom stereocenters. The van der Waals surface area contributed by atoms with Crippen LogP contribution in [0.25, 0.3) is 0 Å². The third kappa shape index (κ3) is 3.20. The fourth-order valence-corrected chi connectivity index (χ4v) is 2.94. The van der Waals surface area contributed by atoms with Crippen LogP contribution < -0.4 is 5.32 Å². The quantitative estimate of drug-likeness (QED) is 0.893. The lowest BCUT2D eigenvalue weighted by Crippen LogP contribution is -2.58. The van der Waals surface area contributed by atoms with Crippen molar-refractivity contribution in [2.24, 2.45) is 11.3 Å². The molecule has 1 aliphatic carbocycles. The number of carbonyl (C=O) groups excluding carboxylic acids is 1. The van der Waals surface area contributed by atoms with E-state index in [2.05, 4.69) is 29.2 Å². The van der Waals surface area contributed by atoms with Gasteiger partial charge in [0.25, 0.3) is 0 Å². The molecule has 0 aliphatic heterocycles. The van der Waals surface area contributed by atoms with Crippen LogP contribution in [0.5, 0.6) is 0 Å². The van der Waals surface area contributed by atoms with Crippen molar-refractivity contribution in [2.45, 2.75) is 46.2 Å². The van der Waals surface area contributed by atoms with Crippen LogP contribution in [0.2, 0.25) is 0 Å². The molecule has 2 atom stereocenters. The maximum absolute atomic E-state index is 11.2. The van der Waals surface area contributed by atoms with E-state index in [1.54, 1.807) is 6.92 Å². The molecule has 0 aromatic carbocycles. The fourth-order valence-electron chi connectivity index (χ4n) is 2.94. The van der Waals surface area contributed by atoms with E-state index in [4.69, 9.17) is 4.52 Å². The van der Waals surface area contributed by atoms with Gasteiger partial charge >= 0.3 is 0 Å². The van der Waals surface area contributed by atoms with Crippen LogP contribution in [0.3, 0.4) is 0 Å². The molecule has 5 heteroatoms. The van der Waals surface area contributed by atoms with E-state index >= 15 is 0 Å². The summed E-state index contributed by atoms with van der Waals surface area (Å²) in [6.07, 6.45) is 1.93. The molecule has 0 radical (unpaired) electrons. The molecule has 1 fully saturated rings. The number of nitrogens with zero attached hydrogens (tertiary/aromatic N) is 2. The summed E-state index contributed by atoms with van der Waals surface area (Å²) in [7, 11) is 4.02. The average molecular weight is 279 g/mol. The van der Waals surface area contributed by atoms with E-state index in [1.165, 1.54) is 0 Å². The Morgan fingerprint density at radius 3 is 2.80 bits per heavy atom. The number of rotatable bonds is 5. The number of hydrogen-bond acceptors (Lipinski definition) is 4. The molecule has 0 bridgehead atoms. The Morgan fingerprint density at radius 1 is 1.55 bits per heavy atom. The summed E-state index contributed by atoms with van der Waals surface area (Å²) in [5.41, 5.74) is 1.13. The van der Waals surface area contributed by atoms with E-state index in [9.17, 15) is 4.79 Å². The average Bonchev–Trinajstić information content (AvgIpc) is 2.74. The van der Waals surface area contributed by atoms with E-state index in [1.807, 2.05) is 20.2 Å². The van der Waals surface area contributed by atoms with Crippen LogP contribution in [0.15, 0.2) is 10.6 Å². The molecular formula is C15H25N3O2. The molecule has 5 nitrogen and oxygen atoms in total. The van der Waals surface area contributed by atoms with E-state index in [-0.39, 0.29) is 17.4 Å². The topological polar surface area (TPSA) is 58.4 Å². The van der Waals surface area contributed by atoms with Crippen molar-refractivity contribution in [3.63, 3.8) is 0 Å². The van der Waals surface area contributed by atoms with E-state index < -0.39 is 0 Å². The Bertz CT molecular complexity index is 479. The highest BCUT2D eigenvalue weighted by molar-refractivity contribution is 5.73. The van der Waals surface area contributed by atoms with Gasteiger partial charge in [0.05, 0.1) is 12.2 Å². The van der Waals surface area contributed by atoms with Crippen LogP contribution in [-0.4, -0.2) is 36.1 Å². The van der Waals surface area contributed by atoms with Crippen molar-refractivity contribution < 1.29 is 9.32 Å². The van der Waals surface area contributed by atoms with Gasteiger partial charge in [0.2, 0.25) is 5.91 Å². The summed E-state index contributed by atoms with van der Waals surface area (Å²) in [4.78, 5) is 13.2. The molecule has 1 N–H and O–H groups in total. The largest absolute Gasteiger partial charge is 0.360 e. The van der Waals surface area contributed by atoms with Gasteiger partial charge in [0.1, 0.15) is 0 Å². The number of aromatic nitrogens is 1. The number of amides is 1. The van der Waals surface area contributed by atoms with Gasteiger partial charge in [-0.2, -0.15) is 0 Å². The third-order valence-corrected chi connectivity index (χ3v) is 4.38. The highest BCUT2D eigenvalue weighted by Crippen LogP contribution is 2.47. The number of hydrogen-bond donors (Lipinski definition) is 1. The Hall–Kier alpha value is -1.36. The molecular weight excluding hydrogens is 254 g/mol. The van der Waals surface area contributed by atoms with Crippen molar-refractivity contribution in [2.75, 3.05) is 14.1 Å². The standard InChI is InChI=1S/C15H25N3O2/c1-10(19)16-14-7-11(15(14,2)3)6-12-8-13(20-17-12)9-18(4)5/h8,11,14H,6-7,9H2,1-5H3,(H,16,19)/t11-,14+/m1/s1. The number of nitrogens with one attached hydrogen (secondary N) is 1. The van der Waals surface area contributed by atoms with Gasteiger partial charge in [0.15, 0.2) is 5.76 Å². The minimum atomic E-state index is 0.0521. The van der Waals surface area contributed by atoms with Gasteiger partial charge in [0, 0.05) is 19.0 Å². The zero-order valence-corrected chi connectivity index (χ0v) is 13.1. The summed E-state index contributed by atoms with van der Waals surface area (Å²) in [6.45, 7) is 6.77. The molecule has 1 amide bonds. The summed E-state index contributed by atoms with van der Waals surface area (Å²) in [5, 5.41) is 7.18. The first-order valence-electron chi connectivity index (χ1n) is 7.15. The zero-order valence-electron chi connectivity index (χ0n) is 13.1. The van der Waals surface area contributed by atoms with Crippen LogP contribution in [0.1, 0.15) is 38.6 Å². The summed E-state index contributed by atoms with van der Waals surface area (Å²) < 4.78 is 5.34. The molecule has 1 aromatic heterocycles. The van der Waals surface area contributed by atoms with Gasteiger partial charge in [-0.1, -0.05) is 19.0 Å². The van der Waals surface area contributed by atoms with Crippen LogP contribution in [0.4, 0.5) is 0 Å². The third-order valence-electron chi connectivity index (χ3n) is 4.38. The second-order valence-corrected chi connectivity index (χ2v) is 6.73. The number of carbonyl (C=O) groups is 1. The SMILES string of the molecule is CC(=O)N[C@H]1C[C@@H](Cc2cc(CN(C)C)on2)C1(C)C. The van der Waals surface area contributed by atoms with Crippen molar-refractivity contribution in [3.8, 4) is 0 Å². The second kappa shape index (κ2) is 5.56. The Balaban J connectivity index is 1.92. The van der Waals surface area contributed by atoms with E-state index in [0.717, 1.165) is 30.8 Å². The van der Waals surface area contributed by atoms with Crippen LogP contribution in [0, 0.1) is 11.3 Å². The lowest BCUT2D eigenvalue weighted by molar-refractivity contribution is -0.123. The zero-order chi connectivity index (χ0) is 14.9. The first-order chi connectivity index (χ1) is 9.29. The normalized spacial score (nSPS) is 24.5. The minimum absolute atomic E-state index is 0.0521. The van der Waals surface area contributed by atoms with Crippen molar-refractivity contribution >= 4 is 5.91 Å². The Kier molecular flexibility index (Phi) is 4.18. The predicted molar refractivity (Wildman–Crippen MR) is 77.1 cm³/mol. The van der Waals surface area contributed by atoms with E-state index in [0.29, 0.717) is 5.92 Å². The van der Waals surface area contributed by atoms with Crippen molar-refractivity contribution in [3.05, 3.63) is 17.5 Å². The van der Waals surface area contributed by atoms with Gasteiger partial charge in [-0.05, 0) is 38.3 Å². The second-order valence-electron chi connectivity index (χ2n) is 6.73. The fraction of sp³-hybridized carbons (Fsp3) is 0.733. The first kappa shape index (κ1) is 15.0. The van der Waals surface area contributed by atoms with Crippen LogP contribution >= 0.6 is 0 Å². The molecule has 0 spiro atoms. The van der Waals surface area contributed by atoms with Gasteiger partial charge in [-0.15, -0.1) is 0 Å². The highest BCUT2D eigenvalue weighted by atomic mass is 16.5. The molecule has 112 valence electrons. The van der Waals surface area contributed by atoms with Gasteiger partial charge in [-0.25, -0.2) is 0 Å². The lowest BCUT2D eigenvalue weighted by Gasteiger charge is -2.52. The summed E-state index contributed by atoms with van der Waals surface area (Å²) in [6, 6.07) is 2.32. The Morgan fingerprint density at radius 2 is 2.25 bits per heavy atom. The lowest BCUT2D eigenvalue weighted by atomic mass is 9.57. The summed E-state index contributed by atoms with van der Waals surface area (Å²) in [5.74, 6) is 1.49. The molecule has 2 rings (SSSR count). The maximum atomic E-state index is 11.2.